The molecule has 6 heteroatoms. The van der Waals surface area contributed by atoms with E-state index in [0.29, 0.717) is 30.9 Å². The largest absolute Gasteiger partial charge is 0.478 e. The topological polar surface area (TPSA) is 60.9 Å². The number of nitrogens with zero attached hydrogens (tertiary/aromatic N) is 2. The Morgan fingerprint density at radius 3 is 2.82 bits per heavy atom. The fourth-order valence-electron chi connectivity index (χ4n) is 3.41. The van der Waals surface area contributed by atoms with Crippen LogP contribution in [0.25, 0.3) is 0 Å². The normalized spacial score (nSPS) is 28.8. The van der Waals surface area contributed by atoms with Crippen LogP contribution in [0.3, 0.4) is 0 Å². The number of halogens is 1. The first-order valence-electron chi connectivity index (χ1n) is 7.36. The van der Waals surface area contributed by atoms with Crippen LogP contribution in [0.4, 0.5) is 10.1 Å². The molecular weight excluding hydrogens is 287 g/mol. The van der Waals surface area contributed by atoms with Crippen LogP contribution in [0.2, 0.25) is 0 Å². The smallest absolute Gasteiger partial charge is 0.336 e. The van der Waals surface area contributed by atoms with Gasteiger partial charge in [0.05, 0.1) is 5.56 Å². The number of fused-ring (bicyclic) bond motifs is 1. The summed E-state index contributed by atoms with van der Waals surface area (Å²) in [7, 11) is 1.92. The Morgan fingerprint density at radius 2 is 2.14 bits per heavy atom. The van der Waals surface area contributed by atoms with Gasteiger partial charge in [0.1, 0.15) is 0 Å². The van der Waals surface area contributed by atoms with Crippen LogP contribution in [-0.4, -0.2) is 54.2 Å². The van der Waals surface area contributed by atoms with Crippen LogP contribution in [-0.2, 0) is 4.79 Å². The number of hydrogen-bond donors (Lipinski definition) is 1. The van der Waals surface area contributed by atoms with E-state index < -0.39 is 17.5 Å². The molecule has 5 nitrogen and oxygen atoms in total. The molecular formula is C16H19FN2O3. The minimum atomic E-state index is -1.82. The zero-order valence-corrected chi connectivity index (χ0v) is 12.7. The highest BCUT2D eigenvalue weighted by Gasteiger charge is 2.56. The minimum Gasteiger partial charge on any atom is -0.478 e. The summed E-state index contributed by atoms with van der Waals surface area (Å²) >= 11 is 0. The average Bonchev–Trinajstić information content (AvgIpc) is 2.72. The predicted octanol–water partition coefficient (Wildman–Crippen LogP) is 1.70. The Kier molecular flexibility index (Phi) is 3.44. The zero-order chi connectivity index (χ0) is 16.1. The number of aryl methyl sites for hydroxylation is 1. The fraction of sp³-hybridized carbons (Fsp3) is 0.500. The van der Waals surface area contributed by atoms with Gasteiger partial charge in [-0.05, 0) is 31.7 Å². The monoisotopic (exact) mass is 306 g/mol. The molecule has 1 aromatic rings. The van der Waals surface area contributed by atoms with Gasteiger partial charge in [0.15, 0.2) is 5.67 Å². The van der Waals surface area contributed by atoms with Crippen molar-refractivity contribution >= 4 is 17.6 Å². The molecule has 1 N–H and O–H groups in total. The number of aromatic carboxylic acids is 1. The quantitative estimate of drug-likeness (QED) is 0.903. The second kappa shape index (κ2) is 5.05. The van der Waals surface area contributed by atoms with E-state index in [4.69, 9.17) is 0 Å². The van der Waals surface area contributed by atoms with E-state index in [0.717, 1.165) is 0 Å². The summed E-state index contributed by atoms with van der Waals surface area (Å²) in [5.74, 6) is -1.95. The third-order valence-corrected chi connectivity index (χ3v) is 4.80. The number of rotatable bonds is 2. The molecule has 0 bridgehead atoms. The fourth-order valence-corrected chi connectivity index (χ4v) is 3.41. The molecule has 118 valence electrons. The highest BCUT2D eigenvalue weighted by atomic mass is 19.1. The summed E-state index contributed by atoms with van der Waals surface area (Å²) in [6.07, 6.45) is 0.196. The minimum absolute atomic E-state index is 0.144. The van der Waals surface area contributed by atoms with E-state index in [1.54, 1.807) is 19.1 Å². The molecule has 2 aliphatic rings. The maximum Gasteiger partial charge on any atom is 0.336 e. The van der Waals surface area contributed by atoms with Gasteiger partial charge in [0.25, 0.3) is 5.91 Å². The van der Waals surface area contributed by atoms with E-state index >= 15 is 4.39 Å². The zero-order valence-electron chi connectivity index (χ0n) is 12.7. The van der Waals surface area contributed by atoms with Gasteiger partial charge in [-0.25, -0.2) is 9.18 Å². The van der Waals surface area contributed by atoms with Gasteiger partial charge in [-0.3, -0.25) is 4.79 Å². The van der Waals surface area contributed by atoms with Crippen molar-refractivity contribution in [2.24, 2.45) is 5.92 Å². The lowest BCUT2D eigenvalue weighted by Gasteiger charge is -2.34. The molecule has 0 saturated carbocycles. The van der Waals surface area contributed by atoms with Crippen LogP contribution >= 0.6 is 0 Å². The van der Waals surface area contributed by atoms with Crippen LogP contribution in [0.15, 0.2) is 18.2 Å². The lowest BCUT2D eigenvalue weighted by atomic mass is 9.85. The van der Waals surface area contributed by atoms with Crippen LogP contribution in [0.5, 0.6) is 0 Å². The first-order valence-corrected chi connectivity index (χ1v) is 7.36. The summed E-state index contributed by atoms with van der Waals surface area (Å²) in [5.41, 5.74) is -0.594. The van der Waals surface area contributed by atoms with Gasteiger partial charge in [0.2, 0.25) is 0 Å². The van der Waals surface area contributed by atoms with E-state index in [1.165, 1.54) is 11.0 Å². The Hall–Kier alpha value is -1.95. The number of amides is 1. The molecule has 0 aromatic heterocycles. The summed E-state index contributed by atoms with van der Waals surface area (Å²) in [4.78, 5) is 27.2. The molecule has 3 rings (SSSR count). The van der Waals surface area contributed by atoms with Gasteiger partial charge in [-0.1, -0.05) is 6.07 Å². The predicted molar refractivity (Wildman–Crippen MR) is 79.9 cm³/mol. The van der Waals surface area contributed by atoms with Crippen LogP contribution in [0.1, 0.15) is 22.3 Å². The molecule has 0 aliphatic carbocycles. The number of benzene rings is 1. The molecule has 2 aliphatic heterocycles. The molecule has 1 aromatic carbocycles. The maximum absolute atomic E-state index is 15.1. The Labute approximate surface area is 128 Å². The SMILES string of the molecule is Cc1ccc(N2C[C@@H]3CN(C)CC[C@]3(F)C2=O)cc1C(=O)O. The van der Waals surface area contributed by atoms with Crippen LogP contribution in [0, 0.1) is 12.8 Å². The van der Waals surface area contributed by atoms with Gasteiger partial charge in [-0.2, -0.15) is 0 Å². The summed E-state index contributed by atoms with van der Waals surface area (Å²) in [6.45, 7) is 3.09. The lowest BCUT2D eigenvalue weighted by molar-refractivity contribution is -0.131. The van der Waals surface area contributed by atoms with Crippen molar-refractivity contribution in [3.8, 4) is 0 Å². The molecule has 2 fully saturated rings. The van der Waals surface area contributed by atoms with E-state index in [1.807, 2.05) is 11.9 Å². The van der Waals surface area contributed by atoms with Crippen molar-refractivity contribution in [1.82, 2.24) is 4.90 Å². The number of carbonyl (C=O) groups is 2. The van der Waals surface area contributed by atoms with E-state index in [2.05, 4.69) is 0 Å². The van der Waals surface area contributed by atoms with Crippen LogP contribution < -0.4 is 4.90 Å². The highest BCUT2D eigenvalue weighted by molar-refractivity contribution is 6.03. The molecule has 0 unspecified atom stereocenters. The number of carbonyl (C=O) groups excluding carboxylic acids is 1. The van der Waals surface area contributed by atoms with Crippen molar-refractivity contribution in [3.05, 3.63) is 29.3 Å². The summed E-state index contributed by atoms with van der Waals surface area (Å²) < 4.78 is 15.1. The van der Waals surface area contributed by atoms with Gasteiger partial charge < -0.3 is 14.9 Å². The molecule has 2 heterocycles. The number of carboxylic acid groups (broad SMARTS) is 1. The van der Waals surface area contributed by atoms with E-state index in [-0.39, 0.29) is 17.9 Å². The molecule has 2 saturated heterocycles. The van der Waals surface area contributed by atoms with Gasteiger partial charge >= 0.3 is 5.97 Å². The number of piperidine rings is 1. The second-order valence-electron chi connectivity index (χ2n) is 6.29. The summed E-state index contributed by atoms with van der Waals surface area (Å²) in [5, 5.41) is 9.21. The maximum atomic E-state index is 15.1. The van der Waals surface area contributed by atoms with Crippen molar-refractivity contribution < 1.29 is 19.1 Å². The highest BCUT2D eigenvalue weighted by Crippen LogP contribution is 2.41. The standard InChI is InChI=1S/C16H19FN2O3/c1-10-3-4-12(7-13(10)14(20)21)19-9-11-8-18(2)6-5-16(11,17)15(19)22/h3-4,7,11H,5-6,8-9H2,1-2H3,(H,20,21)/t11-,16+/m0/s1. The lowest BCUT2D eigenvalue weighted by Crippen LogP contribution is -2.49. The van der Waals surface area contributed by atoms with Crippen molar-refractivity contribution in [3.63, 3.8) is 0 Å². The van der Waals surface area contributed by atoms with E-state index in [9.17, 15) is 14.7 Å². The number of likely N-dealkylation sites (tertiary alicyclic amines) is 1. The number of alkyl halides is 1. The van der Waals surface area contributed by atoms with Gasteiger partial charge in [-0.15, -0.1) is 0 Å². The molecule has 0 radical (unpaired) electrons. The Bertz CT molecular complexity index is 648. The molecule has 0 spiro atoms. The molecule has 2 atom stereocenters. The average molecular weight is 306 g/mol. The Morgan fingerprint density at radius 1 is 1.41 bits per heavy atom. The number of hydrogen-bond acceptors (Lipinski definition) is 3. The van der Waals surface area contributed by atoms with Crippen molar-refractivity contribution in [1.29, 1.82) is 0 Å². The second-order valence-corrected chi connectivity index (χ2v) is 6.29. The molecule has 1 amide bonds. The molecule has 22 heavy (non-hydrogen) atoms. The third-order valence-electron chi connectivity index (χ3n) is 4.80. The summed E-state index contributed by atoms with van der Waals surface area (Å²) in [6, 6.07) is 4.80. The third kappa shape index (κ3) is 2.18. The number of carboxylic acids is 1. The van der Waals surface area contributed by atoms with Crippen molar-refractivity contribution in [2.45, 2.75) is 19.0 Å². The first kappa shape index (κ1) is 15.0. The first-order chi connectivity index (χ1) is 10.3. The van der Waals surface area contributed by atoms with Gasteiger partial charge in [0, 0.05) is 37.7 Å². The Balaban J connectivity index is 1.95. The van der Waals surface area contributed by atoms with Crippen molar-refractivity contribution in [2.75, 3.05) is 31.6 Å². The number of anilines is 1.